The summed E-state index contributed by atoms with van der Waals surface area (Å²) < 4.78 is 9.38. The highest BCUT2D eigenvalue weighted by Crippen LogP contribution is 1.96. The Balaban J connectivity index is 2.27. The lowest BCUT2D eigenvalue weighted by Crippen LogP contribution is -2.01. The minimum absolute atomic E-state index is 0.182. The van der Waals surface area contributed by atoms with Gasteiger partial charge >= 0.3 is 5.97 Å². The van der Waals surface area contributed by atoms with E-state index in [1.807, 2.05) is 0 Å². The fourth-order valence-corrected chi connectivity index (χ4v) is 0.473. The summed E-state index contributed by atoms with van der Waals surface area (Å²) in [5.41, 5.74) is 0. The summed E-state index contributed by atoms with van der Waals surface area (Å²) >= 11 is 0. The molecule has 3 nitrogen and oxygen atoms in total. The Morgan fingerprint density at radius 2 is 2.50 bits per heavy atom. The normalized spacial score (nSPS) is 21.8. The molecule has 0 aromatic rings. The summed E-state index contributed by atoms with van der Waals surface area (Å²) in [5.74, 6) is -0.182. The van der Waals surface area contributed by atoms with Gasteiger partial charge in [-0.3, -0.25) is 4.79 Å². The van der Waals surface area contributed by atoms with Crippen molar-refractivity contribution in [2.24, 2.45) is 0 Å². The van der Waals surface area contributed by atoms with Crippen LogP contribution in [0.25, 0.3) is 0 Å². The maximum atomic E-state index is 10.4. The second-order valence-electron chi connectivity index (χ2n) is 1.47. The highest BCUT2D eigenvalue weighted by molar-refractivity contribution is 5.69. The van der Waals surface area contributed by atoms with Gasteiger partial charge in [-0.25, -0.2) is 0 Å². The molecule has 1 aliphatic heterocycles. The third kappa shape index (κ3) is 1.50. The second-order valence-corrected chi connectivity index (χ2v) is 1.47. The van der Waals surface area contributed by atoms with Crippen LogP contribution < -0.4 is 0 Å². The van der Waals surface area contributed by atoms with Crippen molar-refractivity contribution >= 4 is 5.97 Å². The topological polar surface area (TPSA) is 35.5 Å². The minimum atomic E-state index is -0.182. The van der Waals surface area contributed by atoms with Crippen LogP contribution in [0, 0.1) is 6.61 Å². The van der Waals surface area contributed by atoms with Gasteiger partial charge in [0.1, 0.15) is 13.2 Å². The summed E-state index contributed by atoms with van der Waals surface area (Å²) in [5, 5.41) is 0. The fraction of sp³-hybridized carbons (Fsp3) is 0.600. The molecule has 0 spiro atoms. The van der Waals surface area contributed by atoms with Gasteiger partial charge < -0.3 is 9.47 Å². The number of hydrogen-bond donors (Lipinski definition) is 0. The SMILES string of the molecule is O=C1CCO[CH]CO1. The van der Waals surface area contributed by atoms with Gasteiger partial charge in [0.25, 0.3) is 0 Å². The van der Waals surface area contributed by atoms with E-state index < -0.39 is 0 Å². The molecule has 0 saturated carbocycles. The standard InChI is InChI=1S/C5H7O3/c6-5-1-2-7-3-4-8-5/h3H,1-2,4H2. The van der Waals surface area contributed by atoms with Crippen molar-refractivity contribution in [3.63, 3.8) is 0 Å². The monoisotopic (exact) mass is 115 g/mol. The molecule has 1 radical (unpaired) electrons. The molecule has 0 unspecified atom stereocenters. The highest BCUT2D eigenvalue weighted by atomic mass is 16.6. The molecule has 1 saturated heterocycles. The molecule has 1 rings (SSSR count). The van der Waals surface area contributed by atoms with Crippen LogP contribution in [0.5, 0.6) is 0 Å². The molecule has 1 fully saturated rings. The van der Waals surface area contributed by atoms with Crippen LogP contribution in [-0.4, -0.2) is 19.2 Å². The van der Waals surface area contributed by atoms with Crippen molar-refractivity contribution in [1.82, 2.24) is 0 Å². The molecule has 0 bridgehead atoms. The van der Waals surface area contributed by atoms with Crippen LogP contribution in [0.2, 0.25) is 0 Å². The van der Waals surface area contributed by atoms with Crippen molar-refractivity contribution in [1.29, 1.82) is 0 Å². The molecule has 0 aromatic carbocycles. The maximum Gasteiger partial charge on any atom is 0.308 e. The largest absolute Gasteiger partial charge is 0.463 e. The molecule has 45 valence electrons. The lowest BCUT2D eigenvalue weighted by molar-refractivity contribution is -0.141. The molecule has 8 heavy (non-hydrogen) atoms. The van der Waals surface area contributed by atoms with Gasteiger partial charge in [-0.05, 0) is 0 Å². The average molecular weight is 115 g/mol. The number of rotatable bonds is 0. The zero-order valence-corrected chi connectivity index (χ0v) is 4.42. The number of hydrogen-bond acceptors (Lipinski definition) is 3. The van der Waals surface area contributed by atoms with Crippen LogP contribution in [0.4, 0.5) is 0 Å². The lowest BCUT2D eigenvalue weighted by Gasteiger charge is -1.92. The first-order chi connectivity index (χ1) is 3.89. The zero-order chi connectivity index (χ0) is 5.82. The number of cyclic esters (lactones) is 1. The van der Waals surface area contributed by atoms with Gasteiger partial charge in [-0.2, -0.15) is 0 Å². The van der Waals surface area contributed by atoms with E-state index in [4.69, 9.17) is 4.74 Å². The molecular formula is C5H7O3. The highest BCUT2D eigenvalue weighted by Gasteiger charge is 2.06. The van der Waals surface area contributed by atoms with E-state index in [2.05, 4.69) is 4.74 Å². The van der Waals surface area contributed by atoms with Gasteiger partial charge in [0.15, 0.2) is 0 Å². The van der Waals surface area contributed by atoms with Crippen LogP contribution in [0.1, 0.15) is 6.42 Å². The van der Waals surface area contributed by atoms with Crippen LogP contribution in [0.15, 0.2) is 0 Å². The summed E-state index contributed by atoms with van der Waals surface area (Å²) in [6.07, 6.45) is 0.372. The Morgan fingerprint density at radius 1 is 1.62 bits per heavy atom. The van der Waals surface area contributed by atoms with E-state index in [0.29, 0.717) is 19.6 Å². The lowest BCUT2D eigenvalue weighted by atomic mass is 10.5. The van der Waals surface area contributed by atoms with Gasteiger partial charge in [0.05, 0.1) is 13.0 Å². The molecule has 0 aromatic heterocycles. The molecule has 0 N–H and O–H groups in total. The molecule has 0 aliphatic carbocycles. The third-order valence-electron chi connectivity index (χ3n) is 0.854. The first-order valence-electron chi connectivity index (χ1n) is 2.48. The summed E-state index contributed by atoms with van der Waals surface area (Å²) in [6, 6.07) is 0. The van der Waals surface area contributed by atoms with E-state index in [0.717, 1.165) is 0 Å². The summed E-state index contributed by atoms with van der Waals surface area (Å²) in [4.78, 5) is 10.4. The first kappa shape index (κ1) is 5.56. The Bertz CT molecular complexity index is 79.7. The number of esters is 1. The van der Waals surface area contributed by atoms with E-state index in [-0.39, 0.29) is 5.97 Å². The Morgan fingerprint density at radius 3 is 3.38 bits per heavy atom. The molecule has 1 aliphatic rings. The van der Waals surface area contributed by atoms with Crippen molar-refractivity contribution in [3.05, 3.63) is 6.61 Å². The Hall–Kier alpha value is -0.570. The van der Waals surface area contributed by atoms with Gasteiger partial charge in [0, 0.05) is 0 Å². The summed E-state index contributed by atoms with van der Waals surface area (Å²) in [6.45, 7) is 2.24. The number of ether oxygens (including phenoxy) is 2. The molecule has 1 heterocycles. The fourth-order valence-electron chi connectivity index (χ4n) is 0.473. The van der Waals surface area contributed by atoms with Gasteiger partial charge in [-0.15, -0.1) is 0 Å². The quantitative estimate of drug-likeness (QED) is 0.420. The van der Waals surface area contributed by atoms with Crippen LogP contribution in [-0.2, 0) is 14.3 Å². The van der Waals surface area contributed by atoms with E-state index in [1.54, 1.807) is 0 Å². The predicted octanol–water partition coefficient (Wildman–Crippen LogP) is 0.112. The average Bonchev–Trinajstić information content (AvgIpc) is 1.94. The van der Waals surface area contributed by atoms with Crippen molar-refractivity contribution < 1.29 is 14.3 Å². The molecule has 0 atom stereocenters. The van der Waals surface area contributed by atoms with Crippen molar-refractivity contribution in [2.45, 2.75) is 6.42 Å². The smallest absolute Gasteiger partial charge is 0.308 e. The zero-order valence-electron chi connectivity index (χ0n) is 4.42. The second kappa shape index (κ2) is 2.67. The van der Waals surface area contributed by atoms with E-state index in [9.17, 15) is 4.79 Å². The third-order valence-corrected chi connectivity index (χ3v) is 0.854. The van der Waals surface area contributed by atoms with Gasteiger partial charge in [-0.1, -0.05) is 0 Å². The Labute approximate surface area is 47.6 Å². The van der Waals surface area contributed by atoms with Crippen molar-refractivity contribution in [2.75, 3.05) is 13.2 Å². The number of carbonyl (C=O) groups is 1. The van der Waals surface area contributed by atoms with Crippen LogP contribution in [0.3, 0.4) is 0 Å². The van der Waals surface area contributed by atoms with Gasteiger partial charge in [0.2, 0.25) is 0 Å². The van der Waals surface area contributed by atoms with E-state index >= 15 is 0 Å². The molecule has 3 heteroatoms. The van der Waals surface area contributed by atoms with Crippen molar-refractivity contribution in [3.8, 4) is 0 Å². The summed E-state index contributed by atoms with van der Waals surface area (Å²) in [7, 11) is 0. The number of carbonyl (C=O) groups excluding carboxylic acids is 1. The predicted molar refractivity (Wildman–Crippen MR) is 25.8 cm³/mol. The molecule has 0 amide bonds. The maximum absolute atomic E-state index is 10.4. The first-order valence-corrected chi connectivity index (χ1v) is 2.48. The minimum Gasteiger partial charge on any atom is -0.463 e. The van der Waals surface area contributed by atoms with E-state index in [1.165, 1.54) is 6.61 Å². The van der Waals surface area contributed by atoms with Crippen LogP contribution >= 0.6 is 0 Å². The Kier molecular flexibility index (Phi) is 1.86. The molecular weight excluding hydrogens is 108 g/mol.